The number of aliphatic hydroxyl groups is 2. The lowest BCUT2D eigenvalue weighted by atomic mass is 10.0. The van der Waals surface area contributed by atoms with Crippen LogP contribution in [0.5, 0.6) is 0 Å². The second-order valence-electron chi connectivity index (χ2n) is 13.0. The molecule has 41 heavy (non-hydrogen) atoms. The van der Waals surface area contributed by atoms with Crippen LogP contribution in [0.25, 0.3) is 0 Å². The van der Waals surface area contributed by atoms with Crippen molar-refractivity contribution >= 4 is 5.91 Å². The third-order valence-corrected chi connectivity index (χ3v) is 8.87. The van der Waals surface area contributed by atoms with E-state index in [-0.39, 0.29) is 12.5 Å². The quantitative estimate of drug-likeness (QED) is 0.0662. The van der Waals surface area contributed by atoms with Gasteiger partial charge in [0.15, 0.2) is 0 Å². The molecule has 0 radical (unpaired) electrons. The molecule has 0 heterocycles. The van der Waals surface area contributed by atoms with Crippen LogP contribution < -0.4 is 5.32 Å². The van der Waals surface area contributed by atoms with Crippen molar-refractivity contribution in [3.8, 4) is 0 Å². The van der Waals surface area contributed by atoms with Gasteiger partial charge in [-0.3, -0.25) is 4.79 Å². The molecule has 246 valence electrons. The van der Waals surface area contributed by atoms with E-state index in [9.17, 15) is 15.0 Å². The molecule has 0 aromatic heterocycles. The first kappa shape index (κ1) is 40.4. The van der Waals surface area contributed by atoms with Crippen molar-refractivity contribution in [3.05, 3.63) is 0 Å². The number of carbonyl (C=O) groups is 1. The van der Waals surface area contributed by atoms with E-state index in [0.29, 0.717) is 12.8 Å². The van der Waals surface area contributed by atoms with E-state index in [1.165, 1.54) is 161 Å². The fourth-order valence-electron chi connectivity index (χ4n) is 5.95. The SMILES string of the molecule is CCCCCCCCCCCCCCCCCCCCCC(=O)N[C@@H](CO)[C@H](O)CCCCCCCCCCCC. The van der Waals surface area contributed by atoms with Gasteiger partial charge in [-0.1, -0.05) is 194 Å². The van der Waals surface area contributed by atoms with Crippen molar-refractivity contribution < 1.29 is 15.0 Å². The van der Waals surface area contributed by atoms with Crippen molar-refractivity contribution in [2.45, 2.75) is 225 Å². The summed E-state index contributed by atoms with van der Waals surface area (Å²) in [7, 11) is 0. The first-order valence-electron chi connectivity index (χ1n) is 18.7. The summed E-state index contributed by atoms with van der Waals surface area (Å²) in [5, 5.41) is 23.0. The average molecular weight is 582 g/mol. The van der Waals surface area contributed by atoms with Gasteiger partial charge in [0.05, 0.1) is 18.8 Å². The fraction of sp³-hybridized carbons (Fsp3) is 0.973. The molecular formula is C37H75NO3. The summed E-state index contributed by atoms with van der Waals surface area (Å²) in [5.41, 5.74) is 0. The molecule has 0 aliphatic heterocycles. The summed E-state index contributed by atoms with van der Waals surface area (Å²) in [6, 6.07) is -0.526. The van der Waals surface area contributed by atoms with Crippen LogP contribution in [0.3, 0.4) is 0 Å². The van der Waals surface area contributed by atoms with Crippen LogP contribution in [-0.4, -0.2) is 34.9 Å². The van der Waals surface area contributed by atoms with E-state index in [1.54, 1.807) is 0 Å². The fourth-order valence-corrected chi connectivity index (χ4v) is 5.95. The molecule has 2 atom stereocenters. The van der Waals surface area contributed by atoms with Crippen molar-refractivity contribution in [3.63, 3.8) is 0 Å². The second-order valence-corrected chi connectivity index (χ2v) is 13.0. The van der Waals surface area contributed by atoms with Gasteiger partial charge < -0.3 is 15.5 Å². The van der Waals surface area contributed by atoms with Crippen LogP contribution in [0.15, 0.2) is 0 Å². The van der Waals surface area contributed by atoms with Crippen LogP contribution >= 0.6 is 0 Å². The summed E-state index contributed by atoms with van der Waals surface area (Å²) < 4.78 is 0. The average Bonchev–Trinajstić information content (AvgIpc) is 2.97. The zero-order valence-corrected chi connectivity index (χ0v) is 28.1. The summed E-state index contributed by atoms with van der Waals surface area (Å²) in [4.78, 5) is 12.3. The zero-order valence-electron chi connectivity index (χ0n) is 28.1. The number of amides is 1. The highest BCUT2D eigenvalue weighted by molar-refractivity contribution is 5.76. The lowest BCUT2D eigenvalue weighted by molar-refractivity contribution is -0.123. The minimum atomic E-state index is -0.650. The van der Waals surface area contributed by atoms with Gasteiger partial charge in [-0.05, 0) is 12.8 Å². The van der Waals surface area contributed by atoms with Crippen molar-refractivity contribution in [1.29, 1.82) is 0 Å². The molecule has 3 N–H and O–H groups in total. The highest BCUT2D eigenvalue weighted by Gasteiger charge is 2.19. The first-order chi connectivity index (χ1) is 20.2. The van der Waals surface area contributed by atoms with E-state index in [1.807, 2.05) is 0 Å². The van der Waals surface area contributed by atoms with Crippen molar-refractivity contribution in [2.24, 2.45) is 0 Å². The Morgan fingerprint density at radius 3 is 1.10 bits per heavy atom. The highest BCUT2D eigenvalue weighted by Crippen LogP contribution is 2.16. The predicted molar refractivity (Wildman–Crippen MR) is 179 cm³/mol. The molecule has 4 nitrogen and oxygen atoms in total. The van der Waals surface area contributed by atoms with Gasteiger partial charge in [0.2, 0.25) is 5.91 Å². The Balaban J connectivity index is 3.47. The van der Waals surface area contributed by atoms with E-state index in [2.05, 4.69) is 19.2 Å². The second kappa shape index (κ2) is 33.9. The summed E-state index contributed by atoms with van der Waals surface area (Å²) >= 11 is 0. The van der Waals surface area contributed by atoms with Crippen molar-refractivity contribution in [1.82, 2.24) is 5.32 Å². The van der Waals surface area contributed by atoms with Gasteiger partial charge in [-0.2, -0.15) is 0 Å². The molecule has 0 aliphatic rings. The van der Waals surface area contributed by atoms with E-state index in [4.69, 9.17) is 0 Å². The predicted octanol–water partition coefficient (Wildman–Crippen LogP) is 11.0. The molecule has 0 fully saturated rings. The first-order valence-corrected chi connectivity index (χ1v) is 18.7. The molecule has 0 rings (SSSR count). The topological polar surface area (TPSA) is 69.6 Å². The highest BCUT2D eigenvalue weighted by atomic mass is 16.3. The number of hydrogen-bond donors (Lipinski definition) is 3. The van der Waals surface area contributed by atoms with Gasteiger partial charge in [-0.15, -0.1) is 0 Å². The van der Waals surface area contributed by atoms with Crippen molar-refractivity contribution in [2.75, 3.05) is 6.61 Å². The van der Waals surface area contributed by atoms with Gasteiger partial charge in [-0.25, -0.2) is 0 Å². The molecule has 0 saturated heterocycles. The molecule has 0 saturated carbocycles. The number of unbranched alkanes of at least 4 members (excludes halogenated alkanes) is 27. The van der Waals surface area contributed by atoms with E-state index < -0.39 is 12.1 Å². The standard InChI is InChI=1S/C37H75NO3/c1-3-5-7-9-11-13-15-16-17-18-19-20-21-22-23-25-27-29-31-33-37(41)38-35(34-39)36(40)32-30-28-26-24-14-12-10-8-6-4-2/h35-36,39-40H,3-34H2,1-2H3,(H,38,41)/t35-,36+/m0/s1. The number of rotatable bonds is 34. The Labute approximate surface area is 257 Å². The third-order valence-electron chi connectivity index (χ3n) is 8.87. The maximum atomic E-state index is 12.3. The minimum absolute atomic E-state index is 0.0295. The van der Waals surface area contributed by atoms with Crippen LogP contribution in [0.2, 0.25) is 0 Å². The molecule has 4 heteroatoms. The molecular weight excluding hydrogens is 506 g/mol. The maximum Gasteiger partial charge on any atom is 0.220 e. The molecule has 0 bridgehead atoms. The smallest absolute Gasteiger partial charge is 0.220 e. The largest absolute Gasteiger partial charge is 0.394 e. The van der Waals surface area contributed by atoms with Gasteiger partial charge >= 0.3 is 0 Å². The molecule has 0 aromatic rings. The molecule has 0 aliphatic carbocycles. The minimum Gasteiger partial charge on any atom is -0.394 e. The number of carbonyl (C=O) groups excluding carboxylic acids is 1. The molecule has 0 unspecified atom stereocenters. The molecule has 0 spiro atoms. The maximum absolute atomic E-state index is 12.3. The Morgan fingerprint density at radius 1 is 0.488 bits per heavy atom. The third kappa shape index (κ3) is 30.6. The monoisotopic (exact) mass is 582 g/mol. The van der Waals surface area contributed by atoms with Gasteiger partial charge in [0.25, 0.3) is 0 Å². The van der Waals surface area contributed by atoms with Crippen LogP contribution in [0.1, 0.15) is 213 Å². The number of aliphatic hydroxyl groups excluding tert-OH is 2. The van der Waals surface area contributed by atoms with Crippen LogP contribution in [0.4, 0.5) is 0 Å². The Kier molecular flexibility index (Phi) is 33.4. The van der Waals surface area contributed by atoms with E-state index in [0.717, 1.165) is 25.7 Å². The Hall–Kier alpha value is -0.610. The summed E-state index contributed by atoms with van der Waals surface area (Å²) in [6.45, 7) is 4.35. The van der Waals surface area contributed by atoms with Gasteiger partial charge in [0.1, 0.15) is 0 Å². The number of hydrogen-bond acceptors (Lipinski definition) is 3. The summed E-state index contributed by atoms with van der Waals surface area (Å²) in [5.74, 6) is -0.0295. The Bertz CT molecular complexity index is 512. The number of nitrogens with one attached hydrogen (secondary N) is 1. The lowest BCUT2D eigenvalue weighted by Gasteiger charge is -2.22. The van der Waals surface area contributed by atoms with E-state index >= 15 is 0 Å². The molecule has 0 aromatic carbocycles. The Morgan fingerprint density at radius 2 is 0.780 bits per heavy atom. The molecule has 1 amide bonds. The van der Waals surface area contributed by atoms with Crippen LogP contribution in [0, 0.1) is 0 Å². The van der Waals surface area contributed by atoms with Gasteiger partial charge in [0, 0.05) is 6.42 Å². The zero-order chi connectivity index (χ0) is 30.1. The van der Waals surface area contributed by atoms with Crippen LogP contribution in [-0.2, 0) is 4.79 Å². The normalized spacial score (nSPS) is 13.0. The lowest BCUT2D eigenvalue weighted by Crippen LogP contribution is -2.45. The summed E-state index contributed by atoms with van der Waals surface area (Å²) in [6.07, 6.45) is 38.8.